The minimum absolute atomic E-state index is 0.0427. The van der Waals surface area contributed by atoms with Crippen LogP contribution in [0.2, 0.25) is 5.02 Å². The van der Waals surface area contributed by atoms with E-state index in [0.717, 1.165) is 67.4 Å². The molecule has 0 bridgehead atoms. The Morgan fingerprint density at radius 1 is 0.540 bits per heavy atom. The molecule has 2 aliphatic heterocycles. The first kappa shape index (κ1) is 60.7. The van der Waals surface area contributed by atoms with Crippen LogP contribution in [0.15, 0.2) is 134 Å². The molecule has 0 atom stereocenters. The van der Waals surface area contributed by atoms with Crippen LogP contribution in [0.1, 0.15) is 11.1 Å². The summed E-state index contributed by atoms with van der Waals surface area (Å²) in [5, 5.41) is 3.70. The second kappa shape index (κ2) is 26.9. The number of morpholine rings is 2. The lowest BCUT2D eigenvalue weighted by molar-refractivity contribution is -0.0527. The number of benzene rings is 4. The number of rotatable bonds is 12. The van der Waals surface area contributed by atoms with Gasteiger partial charge in [-0.3, -0.25) is 9.97 Å². The molecule has 4 aromatic carbocycles. The van der Waals surface area contributed by atoms with Crippen LogP contribution < -0.4 is 30.3 Å². The van der Waals surface area contributed by atoms with Crippen LogP contribution in [0.25, 0.3) is 66.8 Å². The third-order valence-electron chi connectivity index (χ3n) is 13.9. The maximum Gasteiger partial charge on any atom is 0.387 e. The van der Waals surface area contributed by atoms with Crippen molar-refractivity contribution in [2.24, 2.45) is 0 Å². The molecule has 3 N–H and O–H groups in total. The zero-order valence-corrected chi connectivity index (χ0v) is 46.7. The standard InChI is InChI=1S/C31H24F5N5O2.C16H16F3N3O2.C15H9ClF2N2/c1-17-29(23-4-2-3-7-37-23)40-25-14-19(32)13-22(34)28(25)30(17)39-24-15-27(41-8-10-42-11-9-41)38-16-20(24)18-5-6-26(21(33)12-18)43-31(35)36;17-12-7-10(1-2-14(12)24-16(18)19)11-9-21-15(8-13(11)20)22-3-5-23-6-4-22;1-8-14(16)13-10(18)6-9(17)7-12(13)20-15(8)11-4-2-3-5-19-11/h2-7,12-16,31H,8-11H2,1H3,(H,38,39,40);1-2,7-9,16H,3-6H2,(H2,20,21);2-7H,1H3. The Bertz CT molecular complexity index is 4120. The summed E-state index contributed by atoms with van der Waals surface area (Å²) >= 11 is 6.21. The summed E-state index contributed by atoms with van der Waals surface area (Å²) in [6.07, 6.45) is 6.28. The molecule has 2 aliphatic rings. The van der Waals surface area contributed by atoms with E-state index in [9.17, 15) is 39.5 Å². The average molecular weight is 1220 g/mol. The van der Waals surface area contributed by atoms with Crippen LogP contribution in [0, 0.1) is 48.8 Å². The van der Waals surface area contributed by atoms with E-state index in [1.54, 1.807) is 74.9 Å². The first-order valence-corrected chi connectivity index (χ1v) is 27.0. The van der Waals surface area contributed by atoms with Gasteiger partial charge in [0.1, 0.15) is 34.9 Å². The first-order chi connectivity index (χ1) is 41.9. The molecule has 87 heavy (non-hydrogen) atoms. The monoisotopic (exact) mass is 1220 g/mol. The van der Waals surface area contributed by atoms with Crippen LogP contribution >= 0.6 is 11.6 Å². The topological polar surface area (TPSA) is 159 Å². The fraction of sp³-hybridized carbons (Fsp3) is 0.194. The lowest BCUT2D eigenvalue weighted by Gasteiger charge is -2.28. The van der Waals surface area contributed by atoms with Gasteiger partial charge in [0.05, 0.1) is 87.4 Å². The summed E-state index contributed by atoms with van der Waals surface area (Å²) in [5.41, 5.74) is 12.3. The van der Waals surface area contributed by atoms with Crippen molar-refractivity contribution in [1.29, 1.82) is 0 Å². The minimum Gasteiger partial charge on any atom is -0.432 e. The Hall–Kier alpha value is -9.39. The molecular weight excluding hydrogens is 1170 g/mol. The lowest BCUT2D eigenvalue weighted by Crippen LogP contribution is -2.36. The predicted octanol–water partition coefficient (Wildman–Crippen LogP) is 14.7. The Kier molecular flexibility index (Phi) is 18.8. The molecule has 14 nitrogen and oxygen atoms in total. The van der Waals surface area contributed by atoms with Crippen molar-refractivity contribution in [3.63, 3.8) is 0 Å². The van der Waals surface area contributed by atoms with Gasteiger partial charge in [0.25, 0.3) is 0 Å². The Morgan fingerprint density at radius 2 is 1.01 bits per heavy atom. The summed E-state index contributed by atoms with van der Waals surface area (Å²) in [5.74, 6) is -4.71. The molecule has 8 heterocycles. The van der Waals surface area contributed by atoms with Gasteiger partial charge in [0.15, 0.2) is 23.1 Å². The van der Waals surface area contributed by atoms with E-state index in [0.29, 0.717) is 119 Å². The highest BCUT2D eigenvalue weighted by molar-refractivity contribution is 6.36. The van der Waals surface area contributed by atoms with Crippen molar-refractivity contribution in [3.05, 3.63) is 185 Å². The van der Waals surface area contributed by atoms with Gasteiger partial charge in [-0.1, -0.05) is 35.9 Å². The molecule has 2 fully saturated rings. The van der Waals surface area contributed by atoms with Crippen molar-refractivity contribution >= 4 is 62.1 Å². The molecule has 0 spiro atoms. The van der Waals surface area contributed by atoms with Crippen molar-refractivity contribution in [3.8, 4) is 56.5 Å². The molecule has 0 saturated carbocycles. The van der Waals surface area contributed by atoms with Gasteiger partial charge in [-0.25, -0.2) is 46.3 Å². The molecule has 0 aliphatic carbocycles. The summed E-state index contributed by atoms with van der Waals surface area (Å²) < 4.78 is 155. The molecule has 2 saturated heterocycles. The van der Waals surface area contributed by atoms with E-state index >= 15 is 4.39 Å². The second-order valence-electron chi connectivity index (χ2n) is 19.4. The Labute approximate surface area is 495 Å². The van der Waals surface area contributed by atoms with Gasteiger partial charge < -0.3 is 39.8 Å². The quantitative estimate of drug-likeness (QED) is 0.111. The Morgan fingerprint density at radius 3 is 1.49 bits per heavy atom. The zero-order valence-electron chi connectivity index (χ0n) is 46.0. The number of fused-ring (bicyclic) bond motifs is 2. The van der Waals surface area contributed by atoms with E-state index in [4.69, 9.17) is 26.8 Å². The van der Waals surface area contributed by atoms with E-state index in [1.165, 1.54) is 18.3 Å². The van der Waals surface area contributed by atoms with Gasteiger partial charge in [-0.15, -0.1) is 0 Å². The molecule has 6 aromatic heterocycles. The van der Waals surface area contributed by atoms with Crippen LogP contribution in [0.3, 0.4) is 0 Å². The summed E-state index contributed by atoms with van der Waals surface area (Å²) in [6, 6.07) is 25.2. The van der Waals surface area contributed by atoms with Gasteiger partial charge in [-0.2, -0.15) is 17.6 Å². The fourth-order valence-corrected chi connectivity index (χ4v) is 9.97. The normalized spacial score (nSPS) is 13.3. The van der Waals surface area contributed by atoms with Crippen LogP contribution in [-0.2, 0) is 9.47 Å². The smallest absolute Gasteiger partial charge is 0.387 e. The Balaban J connectivity index is 0.000000160. The van der Waals surface area contributed by atoms with Crippen molar-refractivity contribution in [2.75, 3.05) is 73.5 Å². The van der Waals surface area contributed by atoms with Crippen LogP contribution in [0.4, 0.5) is 72.6 Å². The molecule has 0 unspecified atom stereocenters. The highest BCUT2D eigenvalue weighted by atomic mass is 35.5. The summed E-state index contributed by atoms with van der Waals surface area (Å²) in [6.45, 7) is 2.06. The molecule has 448 valence electrons. The second-order valence-corrected chi connectivity index (χ2v) is 19.8. The lowest BCUT2D eigenvalue weighted by atomic mass is 10.0. The first-order valence-electron chi connectivity index (χ1n) is 26.6. The fourth-order valence-electron chi connectivity index (χ4n) is 9.69. The molecule has 0 radical (unpaired) electrons. The maximum absolute atomic E-state index is 15.4. The number of hydrogen-bond acceptors (Lipinski definition) is 14. The summed E-state index contributed by atoms with van der Waals surface area (Å²) in [7, 11) is 0. The number of hydrogen-bond donors (Lipinski definition) is 2. The van der Waals surface area contributed by atoms with Crippen molar-refractivity contribution in [1.82, 2.24) is 29.9 Å². The third-order valence-corrected chi connectivity index (χ3v) is 14.4. The number of nitrogen functional groups attached to an aromatic ring is 1. The number of nitrogens with zero attached hydrogens (tertiary/aromatic N) is 8. The SMILES string of the molecule is Cc1c(-c2ccccn2)nc2cc(F)cc(F)c2c1Cl.Cc1c(-c2ccccn2)nc2cc(F)cc(F)c2c1Nc1cc(N2CCOCC2)ncc1-c1ccc(OC(F)F)c(F)c1.Nc1cc(N2CCOCC2)ncc1-c1ccc(OC(F)F)c(F)c1. The number of halogens is 11. The third kappa shape index (κ3) is 14.0. The molecule has 25 heteroatoms. The number of pyridine rings is 6. The molecular formula is C62H49ClF10N10O4. The number of anilines is 5. The van der Waals surface area contributed by atoms with Crippen LogP contribution in [-0.4, -0.2) is 95.7 Å². The average Bonchev–Trinajstić information content (AvgIpc) is 1.42. The minimum atomic E-state index is -3.19. The van der Waals surface area contributed by atoms with Gasteiger partial charge in [0.2, 0.25) is 0 Å². The van der Waals surface area contributed by atoms with Crippen LogP contribution in [0.5, 0.6) is 11.5 Å². The predicted molar refractivity (Wildman–Crippen MR) is 311 cm³/mol. The van der Waals surface area contributed by atoms with Gasteiger partial charge >= 0.3 is 13.2 Å². The van der Waals surface area contributed by atoms with E-state index in [-0.39, 0.29) is 26.8 Å². The number of nitrogens with two attached hydrogens (primary N) is 1. The summed E-state index contributed by atoms with van der Waals surface area (Å²) in [4.78, 5) is 30.4. The highest BCUT2D eigenvalue weighted by Crippen LogP contribution is 2.41. The molecule has 0 amide bonds. The zero-order chi connectivity index (χ0) is 61.5. The maximum atomic E-state index is 15.4. The van der Waals surface area contributed by atoms with Crippen molar-refractivity contribution < 1.29 is 62.9 Å². The number of aromatic nitrogens is 6. The van der Waals surface area contributed by atoms with Gasteiger partial charge in [-0.05, 0) is 79.1 Å². The van der Waals surface area contributed by atoms with Crippen molar-refractivity contribution in [2.45, 2.75) is 27.1 Å². The largest absolute Gasteiger partial charge is 0.432 e. The van der Waals surface area contributed by atoms with E-state index in [2.05, 4.69) is 44.7 Å². The number of ether oxygens (including phenoxy) is 4. The number of alkyl halides is 4. The number of nitrogens with one attached hydrogen (secondary N) is 1. The molecule has 12 rings (SSSR count). The van der Waals surface area contributed by atoms with E-state index in [1.807, 2.05) is 15.9 Å². The molecule has 10 aromatic rings. The van der Waals surface area contributed by atoms with E-state index < -0.39 is 59.6 Å². The highest BCUT2D eigenvalue weighted by Gasteiger charge is 2.24. The van der Waals surface area contributed by atoms with Gasteiger partial charge in [0, 0.05) is 110 Å².